The summed E-state index contributed by atoms with van der Waals surface area (Å²) in [6.07, 6.45) is 1.65. The van der Waals surface area contributed by atoms with Gasteiger partial charge in [0.25, 0.3) is 5.56 Å². The molecule has 2 saturated heterocycles. The predicted molar refractivity (Wildman–Crippen MR) is 97.3 cm³/mol. The van der Waals surface area contributed by atoms with Crippen molar-refractivity contribution in [2.24, 2.45) is 7.05 Å². The van der Waals surface area contributed by atoms with Crippen LogP contribution >= 0.6 is 0 Å². The van der Waals surface area contributed by atoms with Gasteiger partial charge in [-0.25, -0.2) is 0 Å². The van der Waals surface area contributed by atoms with Gasteiger partial charge >= 0.3 is 0 Å². The summed E-state index contributed by atoms with van der Waals surface area (Å²) in [5.41, 5.74) is 2.72. The Balaban J connectivity index is 1.65. The third-order valence-electron chi connectivity index (χ3n) is 5.17. The first-order chi connectivity index (χ1) is 12.5. The van der Waals surface area contributed by atoms with Crippen molar-refractivity contribution in [3.63, 3.8) is 0 Å². The predicted octanol–water partition coefficient (Wildman–Crippen LogP) is 0.811. The van der Waals surface area contributed by atoms with Crippen molar-refractivity contribution >= 4 is 5.69 Å². The van der Waals surface area contributed by atoms with E-state index in [4.69, 9.17) is 9.47 Å². The monoisotopic (exact) mass is 354 g/mol. The molecule has 7 heteroatoms. The molecule has 0 aromatic carbocycles. The van der Waals surface area contributed by atoms with Crippen LogP contribution in [0, 0.1) is 18.8 Å². The molecule has 0 saturated carbocycles. The summed E-state index contributed by atoms with van der Waals surface area (Å²) in [4.78, 5) is 17.3. The number of ether oxygens (including phenoxy) is 2. The molecule has 7 nitrogen and oxygen atoms in total. The minimum absolute atomic E-state index is 0.0639. The summed E-state index contributed by atoms with van der Waals surface area (Å²) < 4.78 is 13.0. The summed E-state index contributed by atoms with van der Waals surface area (Å²) >= 11 is 0. The van der Waals surface area contributed by atoms with Crippen molar-refractivity contribution in [3.05, 3.63) is 45.6 Å². The molecule has 0 aliphatic carbocycles. The van der Waals surface area contributed by atoms with Gasteiger partial charge in [0, 0.05) is 25.4 Å². The van der Waals surface area contributed by atoms with Gasteiger partial charge in [0.05, 0.1) is 31.6 Å². The maximum atomic E-state index is 12.4. The van der Waals surface area contributed by atoms with E-state index < -0.39 is 0 Å². The number of nitrogens with one attached hydrogen (secondary N) is 1. The largest absolute Gasteiger partial charge is 0.375 e. The van der Waals surface area contributed by atoms with Crippen LogP contribution in [0.4, 0.5) is 5.69 Å². The number of hydrogen-bond acceptors (Lipinski definition) is 5. The lowest BCUT2D eigenvalue weighted by atomic mass is 9.90. The Morgan fingerprint density at radius 3 is 2.81 bits per heavy atom. The Hall–Kier alpha value is -2.56. The molecular formula is C19H22N4O3. The van der Waals surface area contributed by atoms with E-state index in [0.717, 1.165) is 17.0 Å². The second-order valence-electron chi connectivity index (χ2n) is 6.92. The highest BCUT2D eigenvalue weighted by Gasteiger charge is 2.50. The van der Waals surface area contributed by atoms with E-state index in [0.29, 0.717) is 32.1 Å². The number of nitrogens with zero attached hydrogens (tertiary/aromatic N) is 3. The molecule has 4 heterocycles. The molecule has 4 rings (SSSR count). The maximum Gasteiger partial charge on any atom is 0.271 e. The number of anilines is 1. The Morgan fingerprint density at radius 1 is 1.35 bits per heavy atom. The lowest BCUT2D eigenvalue weighted by Crippen LogP contribution is -2.68. The third-order valence-corrected chi connectivity index (χ3v) is 5.17. The van der Waals surface area contributed by atoms with E-state index in [1.165, 1.54) is 0 Å². The Bertz CT molecular complexity index is 946. The zero-order valence-corrected chi connectivity index (χ0v) is 15.2. The first kappa shape index (κ1) is 16.9. The van der Waals surface area contributed by atoms with Crippen molar-refractivity contribution in [2.75, 3.05) is 31.3 Å². The van der Waals surface area contributed by atoms with E-state index in [2.05, 4.69) is 33.7 Å². The van der Waals surface area contributed by atoms with Gasteiger partial charge in [-0.1, -0.05) is 5.92 Å². The smallest absolute Gasteiger partial charge is 0.271 e. The average molecular weight is 354 g/mol. The maximum absolute atomic E-state index is 12.4. The zero-order chi connectivity index (χ0) is 18.3. The minimum Gasteiger partial charge on any atom is -0.375 e. The summed E-state index contributed by atoms with van der Waals surface area (Å²) in [6.45, 7) is 6.41. The Morgan fingerprint density at radius 2 is 2.15 bits per heavy atom. The molecular weight excluding hydrogens is 332 g/mol. The molecule has 26 heavy (non-hydrogen) atoms. The van der Waals surface area contributed by atoms with Gasteiger partial charge in [0.2, 0.25) is 0 Å². The fourth-order valence-corrected chi connectivity index (χ4v) is 3.52. The molecule has 2 aliphatic heterocycles. The van der Waals surface area contributed by atoms with Gasteiger partial charge < -0.3 is 19.4 Å². The standard InChI is InChI=1S/C19H22N4O3/c1-13-8-16(22(3)21-13)5-4-15-9-17(18(24)20-10-15)23-6-7-26-19(14(23)2)11-25-12-19/h8-10,14H,6-7,11-12H2,1-3H3,(H,20,24)/t14-/m0/s1. The van der Waals surface area contributed by atoms with Gasteiger partial charge in [0.15, 0.2) is 0 Å². The summed E-state index contributed by atoms with van der Waals surface area (Å²) in [5.74, 6) is 6.24. The highest BCUT2D eigenvalue weighted by molar-refractivity contribution is 5.53. The molecule has 2 fully saturated rings. The number of pyridine rings is 1. The van der Waals surface area contributed by atoms with Crippen molar-refractivity contribution in [2.45, 2.75) is 25.5 Å². The van der Waals surface area contributed by atoms with Crippen LogP contribution in [-0.2, 0) is 16.5 Å². The minimum atomic E-state index is -0.307. The second kappa shape index (κ2) is 6.31. The number of morpholine rings is 1. The average Bonchev–Trinajstić information content (AvgIpc) is 2.91. The fraction of sp³-hybridized carbons (Fsp3) is 0.474. The second-order valence-corrected chi connectivity index (χ2v) is 6.92. The molecule has 2 aromatic heterocycles. The van der Waals surface area contributed by atoms with E-state index >= 15 is 0 Å². The van der Waals surface area contributed by atoms with E-state index in [1.54, 1.807) is 10.9 Å². The molecule has 1 N–H and O–H groups in total. The van der Waals surface area contributed by atoms with Crippen LogP contribution in [0.2, 0.25) is 0 Å². The van der Waals surface area contributed by atoms with E-state index in [-0.39, 0.29) is 17.2 Å². The van der Waals surface area contributed by atoms with E-state index in [1.807, 2.05) is 26.1 Å². The molecule has 1 atom stereocenters. The van der Waals surface area contributed by atoms with Crippen LogP contribution in [0.25, 0.3) is 0 Å². The highest BCUT2D eigenvalue weighted by atomic mass is 16.6. The van der Waals surface area contributed by atoms with Gasteiger partial charge in [-0.15, -0.1) is 0 Å². The van der Waals surface area contributed by atoms with Crippen LogP contribution in [0.5, 0.6) is 0 Å². The number of rotatable bonds is 1. The number of hydrogen-bond donors (Lipinski definition) is 1. The summed E-state index contributed by atoms with van der Waals surface area (Å²) in [6, 6.07) is 3.85. The van der Waals surface area contributed by atoms with Gasteiger partial charge in [0.1, 0.15) is 17.0 Å². The van der Waals surface area contributed by atoms with Crippen molar-refractivity contribution in [1.29, 1.82) is 0 Å². The van der Waals surface area contributed by atoms with Crippen LogP contribution in [0.3, 0.4) is 0 Å². The fourth-order valence-electron chi connectivity index (χ4n) is 3.52. The highest BCUT2D eigenvalue weighted by Crippen LogP contribution is 2.34. The van der Waals surface area contributed by atoms with Crippen molar-refractivity contribution in [1.82, 2.24) is 14.8 Å². The zero-order valence-electron chi connectivity index (χ0n) is 15.2. The number of aromatic nitrogens is 3. The van der Waals surface area contributed by atoms with Crippen LogP contribution < -0.4 is 10.5 Å². The van der Waals surface area contributed by atoms with Crippen LogP contribution in [0.15, 0.2) is 23.1 Å². The Labute approximate surface area is 151 Å². The summed E-state index contributed by atoms with van der Waals surface area (Å²) in [5, 5.41) is 4.29. The normalized spacial score (nSPS) is 21.2. The quantitative estimate of drug-likeness (QED) is 0.768. The number of aryl methyl sites for hydroxylation is 2. The number of H-pyrrole nitrogens is 1. The molecule has 0 radical (unpaired) electrons. The van der Waals surface area contributed by atoms with E-state index in [9.17, 15) is 4.79 Å². The van der Waals surface area contributed by atoms with Crippen molar-refractivity contribution in [3.8, 4) is 11.8 Å². The van der Waals surface area contributed by atoms with Crippen LogP contribution in [-0.4, -0.2) is 52.8 Å². The van der Waals surface area contributed by atoms with Gasteiger partial charge in [-0.05, 0) is 31.9 Å². The van der Waals surface area contributed by atoms with Crippen molar-refractivity contribution < 1.29 is 9.47 Å². The van der Waals surface area contributed by atoms with Gasteiger partial charge in [-0.3, -0.25) is 9.48 Å². The molecule has 1 spiro atoms. The third kappa shape index (κ3) is 2.81. The first-order valence-electron chi connectivity index (χ1n) is 8.72. The molecule has 2 aromatic rings. The molecule has 0 bridgehead atoms. The number of aromatic amines is 1. The molecule has 0 unspecified atom stereocenters. The first-order valence-corrected chi connectivity index (χ1v) is 8.72. The molecule has 2 aliphatic rings. The topological polar surface area (TPSA) is 72.4 Å². The lowest BCUT2D eigenvalue weighted by Gasteiger charge is -2.53. The molecule has 136 valence electrons. The summed E-state index contributed by atoms with van der Waals surface area (Å²) in [7, 11) is 1.87. The Kier molecular flexibility index (Phi) is 4.10. The SMILES string of the molecule is Cc1cc(C#Cc2c[nH]c(=O)c(N3CCOC4(COC4)[C@@H]3C)c2)n(C)n1. The lowest BCUT2D eigenvalue weighted by molar-refractivity contribution is -0.228. The molecule has 0 amide bonds. The van der Waals surface area contributed by atoms with Crippen LogP contribution in [0.1, 0.15) is 23.9 Å². The van der Waals surface area contributed by atoms with Gasteiger partial charge in [-0.2, -0.15) is 5.10 Å².